The van der Waals surface area contributed by atoms with Gasteiger partial charge in [-0.2, -0.15) is 0 Å². The van der Waals surface area contributed by atoms with Gasteiger partial charge in [0.25, 0.3) is 0 Å². The first kappa shape index (κ1) is 14.1. The predicted molar refractivity (Wildman–Crippen MR) is 78.0 cm³/mol. The van der Waals surface area contributed by atoms with Crippen LogP contribution < -0.4 is 10.6 Å². The van der Waals surface area contributed by atoms with Crippen molar-refractivity contribution in [3.8, 4) is 0 Å². The minimum Gasteiger partial charge on any atom is -0.356 e. The molecule has 19 heavy (non-hydrogen) atoms. The summed E-state index contributed by atoms with van der Waals surface area (Å²) in [7, 11) is 0. The number of benzene rings is 1. The van der Waals surface area contributed by atoms with E-state index in [2.05, 4.69) is 22.8 Å². The molecule has 0 spiro atoms. The molecule has 1 atom stereocenters. The zero-order valence-electron chi connectivity index (χ0n) is 11.5. The Balaban J connectivity index is 1.57. The van der Waals surface area contributed by atoms with Crippen molar-refractivity contribution in [3.05, 3.63) is 35.9 Å². The Morgan fingerprint density at radius 3 is 2.89 bits per heavy atom. The highest BCUT2D eigenvalue weighted by molar-refractivity contribution is 5.75. The van der Waals surface area contributed by atoms with Crippen molar-refractivity contribution in [1.82, 2.24) is 10.6 Å². The highest BCUT2D eigenvalue weighted by Gasteiger charge is 2.13. The van der Waals surface area contributed by atoms with Gasteiger partial charge in [0, 0.05) is 13.0 Å². The van der Waals surface area contributed by atoms with Crippen molar-refractivity contribution < 1.29 is 4.79 Å². The number of hydrogen-bond acceptors (Lipinski definition) is 2. The van der Waals surface area contributed by atoms with Gasteiger partial charge in [0.2, 0.25) is 5.91 Å². The van der Waals surface area contributed by atoms with Crippen LogP contribution in [-0.4, -0.2) is 25.5 Å². The Bertz CT molecular complexity index is 372. The van der Waals surface area contributed by atoms with Gasteiger partial charge in [0.1, 0.15) is 0 Å². The van der Waals surface area contributed by atoms with Crippen molar-refractivity contribution in [3.63, 3.8) is 0 Å². The largest absolute Gasteiger partial charge is 0.356 e. The van der Waals surface area contributed by atoms with Crippen LogP contribution in [-0.2, 0) is 11.2 Å². The average Bonchev–Trinajstić information content (AvgIpc) is 2.47. The van der Waals surface area contributed by atoms with Gasteiger partial charge < -0.3 is 10.6 Å². The molecule has 0 saturated carbocycles. The average molecular weight is 260 g/mol. The molecule has 1 aliphatic heterocycles. The van der Waals surface area contributed by atoms with E-state index in [0.29, 0.717) is 12.3 Å². The van der Waals surface area contributed by atoms with Crippen LogP contribution in [0.15, 0.2) is 30.3 Å². The summed E-state index contributed by atoms with van der Waals surface area (Å²) in [5.41, 5.74) is 1.31. The van der Waals surface area contributed by atoms with E-state index in [1.54, 1.807) is 0 Å². The fourth-order valence-corrected chi connectivity index (χ4v) is 2.54. The number of amides is 1. The molecule has 1 aliphatic rings. The maximum absolute atomic E-state index is 11.7. The van der Waals surface area contributed by atoms with Gasteiger partial charge in [-0.25, -0.2) is 0 Å². The molecule has 2 rings (SSSR count). The standard InChI is InChI=1S/C16H24N2O/c19-16(18-13-15-9-5-11-17-12-15)10-4-8-14-6-2-1-3-7-14/h1-3,6-7,15,17H,4-5,8-13H2,(H,18,19). The van der Waals surface area contributed by atoms with E-state index >= 15 is 0 Å². The summed E-state index contributed by atoms with van der Waals surface area (Å²) in [5, 5.41) is 6.43. The summed E-state index contributed by atoms with van der Waals surface area (Å²) in [4.78, 5) is 11.7. The SMILES string of the molecule is O=C(CCCc1ccccc1)NCC1CCCNC1. The summed E-state index contributed by atoms with van der Waals surface area (Å²) in [6.45, 7) is 3.00. The molecule has 0 radical (unpaired) electrons. The minimum atomic E-state index is 0.196. The lowest BCUT2D eigenvalue weighted by Gasteiger charge is -2.22. The molecular weight excluding hydrogens is 236 g/mol. The topological polar surface area (TPSA) is 41.1 Å². The summed E-state index contributed by atoms with van der Waals surface area (Å²) < 4.78 is 0. The maximum atomic E-state index is 11.7. The Morgan fingerprint density at radius 2 is 2.16 bits per heavy atom. The van der Waals surface area contributed by atoms with Crippen molar-refractivity contribution >= 4 is 5.91 Å². The zero-order valence-corrected chi connectivity index (χ0v) is 11.5. The number of aryl methyl sites for hydroxylation is 1. The van der Waals surface area contributed by atoms with Crippen LogP contribution in [0.2, 0.25) is 0 Å². The highest BCUT2D eigenvalue weighted by Crippen LogP contribution is 2.08. The van der Waals surface area contributed by atoms with Crippen LogP contribution in [0, 0.1) is 5.92 Å². The van der Waals surface area contributed by atoms with Crippen molar-refractivity contribution in [2.45, 2.75) is 32.1 Å². The Kier molecular flexibility index (Phi) is 5.89. The normalized spacial score (nSPS) is 19.1. The van der Waals surface area contributed by atoms with Gasteiger partial charge in [0.05, 0.1) is 0 Å². The quantitative estimate of drug-likeness (QED) is 0.822. The van der Waals surface area contributed by atoms with E-state index in [0.717, 1.165) is 32.5 Å². The molecule has 0 aromatic heterocycles. The lowest BCUT2D eigenvalue weighted by molar-refractivity contribution is -0.121. The van der Waals surface area contributed by atoms with Gasteiger partial charge in [-0.1, -0.05) is 30.3 Å². The van der Waals surface area contributed by atoms with Gasteiger partial charge in [-0.15, -0.1) is 0 Å². The van der Waals surface area contributed by atoms with Crippen molar-refractivity contribution in [2.24, 2.45) is 5.92 Å². The third-order valence-electron chi connectivity index (χ3n) is 3.70. The molecule has 3 nitrogen and oxygen atoms in total. The number of hydrogen-bond donors (Lipinski definition) is 2. The first-order valence-corrected chi connectivity index (χ1v) is 7.36. The second kappa shape index (κ2) is 7.95. The molecule has 3 heteroatoms. The van der Waals surface area contributed by atoms with E-state index in [1.165, 1.54) is 18.4 Å². The monoisotopic (exact) mass is 260 g/mol. The van der Waals surface area contributed by atoms with Gasteiger partial charge >= 0.3 is 0 Å². The van der Waals surface area contributed by atoms with Crippen molar-refractivity contribution in [1.29, 1.82) is 0 Å². The summed E-state index contributed by atoms with van der Waals surface area (Å²) in [6, 6.07) is 10.3. The van der Waals surface area contributed by atoms with Crippen LogP contribution in [0.5, 0.6) is 0 Å². The third-order valence-corrected chi connectivity index (χ3v) is 3.70. The van der Waals surface area contributed by atoms with Crippen molar-refractivity contribution in [2.75, 3.05) is 19.6 Å². The Morgan fingerprint density at radius 1 is 1.32 bits per heavy atom. The molecule has 1 aromatic carbocycles. The fourth-order valence-electron chi connectivity index (χ4n) is 2.54. The number of carbonyl (C=O) groups is 1. The molecule has 0 bridgehead atoms. The van der Waals surface area contributed by atoms with E-state index < -0.39 is 0 Å². The summed E-state index contributed by atoms with van der Waals surface area (Å²) in [5.74, 6) is 0.813. The first-order valence-electron chi connectivity index (χ1n) is 7.36. The molecule has 1 aromatic rings. The number of piperidine rings is 1. The van der Waals surface area contributed by atoms with Gasteiger partial charge in [-0.05, 0) is 50.3 Å². The third kappa shape index (κ3) is 5.43. The van der Waals surface area contributed by atoms with Gasteiger partial charge in [0.15, 0.2) is 0 Å². The smallest absolute Gasteiger partial charge is 0.220 e. The van der Waals surface area contributed by atoms with Crippen LogP contribution in [0.25, 0.3) is 0 Å². The Labute approximate surface area is 115 Å². The van der Waals surface area contributed by atoms with E-state index in [4.69, 9.17) is 0 Å². The van der Waals surface area contributed by atoms with Crippen LogP contribution in [0.3, 0.4) is 0 Å². The number of carbonyl (C=O) groups excluding carboxylic acids is 1. The molecule has 1 fully saturated rings. The van der Waals surface area contributed by atoms with E-state index in [1.807, 2.05) is 18.2 Å². The highest BCUT2D eigenvalue weighted by atomic mass is 16.1. The Hall–Kier alpha value is -1.35. The molecule has 0 aliphatic carbocycles. The maximum Gasteiger partial charge on any atom is 0.220 e. The van der Waals surface area contributed by atoms with E-state index in [9.17, 15) is 4.79 Å². The zero-order chi connectivity index (χ0) is 13.3. The molecule has 1 saturated heterocycles. The first-order chi connectivity index (χ1) is 9.34. The fraction of sp³-hybridized carbons (Fsp3) is 0.562. The molecular formula is C16H24N2O. The predicted octanol–water partition coefficient (Wildman–Crippen LogP) is 2.13. The molecule has 104 valence electrons. The lowest BCUT2D eigenvalue weighted by atomic mass is 10.00. The number of nitrogens with one attached hydrogen (secondary N) is 2. The second-order valence-corrected chi connectivity index (χ2v) is 5.36. The summed E-state index contributed by atoms with van der Waals surface area (Å²) in [6.07, 6.45) is 5.01. The minimum absolute atomic E-state index is 0.196. The van der Waals surface area contributed by atoms with Crippen LogP contribution >= 0.6 is 0 Å². The lowest BCUT2D eigenvalue weighted by Crippen LogP contribution is -2.38. The molecule has 2 N–H and O–H groups in total. The van der Waals surface area contributed by atoms with Crippen LogP contribution in [0.4, 0.5) is 0 Å². The number of rotatable bonds is 6. The summed E-state index contributed by atoms with van der Waals surface area (Å²) >= 11 is 0. The second-order valence-electron chi connectivity index (χ2n) is 5.36. The molecule has 1 heterocycles. The molecule has 1 amide bonds. The van der Waals surface area contributed by atoms with Crippen LogP contribution in [0.1, 0.15) is 31.2 Å². The van der Waals surface area contributed by atoms with E-state index in [-0.39, 0.29) is 5.91 Å². The van der Waals surface area contributed by atoms with Gasteiger partial charge in [-0.3, -0.25) is 4.79 Å². The molecule has 1 unspecified atom stereocenters.